The van der Waals surface area contributed by atoms with Crippen molar-refractivity contribution in [3.63, 3.8) is 0 Å². The lowest BCUT2D eigenvalue weighted by Crippen LogP contribution is -2.47. The molecule has 0 spiro atoms. The largest absolute Gasteiger partial charge is 0.443 e. The molecule has 2 amide bonds. The minimum atomic E-state index is -0.721. The van der Waals surface area contributed by atoms with Crippen LogP contribution in [-0.2, 0) is 9.53 Å². The second kappa shape index (κ2) is 7.69. The summed E-state index contributed by atoms with van der Waals surface area (Å²) in [5.74, 6) is -1.24. The quantitative estimate of drug-likeness (QED) is 0.547. The summed E-state index contributed by atoms with van der Waals surface area (Å²) in [6.07, 6.45) is 1.53. The summed E-state index contributed by atoms with van der Waals surface area (Å²) >= 11 is 0. The van der Waals surface area contributed by atoms with Crippen LogP contribution in [0.25, 0.3) is 10.9 Å². The molecule has 0 saturated heterocycles. The average molecular weight is 445 g/mol. The Morgan fingerprint density at radius 2 is 1.91 bits per heavy atom. The molecule has 1 N–H and O–H groups in total. The van der Waals surface area contributed by atoms with Crippen molar-refractivity contribution in [1.29, 1.82) is 0 Å². The third-order valence-corrected chi connectivity index (χ3v) is 5.89. The Bertz CT molecular complexity index is 1310. The van der Waals surface area contributed by atoms with Gasteiger partial charge in [-0.3, -0.25) is 9.78 Å². The van der Waals surface area contributed by atoms with Gasteiger partial charge >= 0.3 is 6.09 Å². The molecule has 6 nitrogen and oxygen atoms in total. The summed E-state index contributed by atoms with van der Waals surface area (Å²) in [5.41, 5.74) is 3.84. The predicted octanol–water partition coefficient (Wildman–Crippen LogP) is 5.35. The van der Waals surface area contributed by atoms with Crippen LogP contribution in [0.1, 0.15) is 44.2 Å². The summed E-state index contributed by atoms with van der Waals surface area (Å²) in [6.45, 7) is 5.52. The average Bonchev–Trinajstić information content (AvgIpc) is 2.77. The molecule has 2 aliphatic heterocycles. The Morgan fingerprint density at radius 1 is 1.15 bits per heavy atom. The van der Waals surface area contributed by atoms with Crippen molar-refractivity contribution in [1.82, 2.24) is 9.88 Å². The van der Waals surface area contributed by atoms with Crippen LogP contribution in [0.3, 0.4) is 0 Å². The van der Waals surface area contributed by atoms with Gasteiger partial charge in [0.05, 0.1) is 5.52 Å². The molecule has 3 heterocycles. The van der Waals surface area contributed by atoms with Crippen molar-refractivity contribution in [2.45, 2.75) is 38.7 Å². The van der Waals surface area contributed by atoms with Crippen LogP contribution in [0.15, 0.2) is 66.0 Å². The second-order valence-electron chi connectivity index (χ2n) is 9.29. The Morgan fingerprint density at radius 3 is 2.64 bits per heavy atom. The van der Waals surface area contributed by atoms with Gasteiger partial charge in [-0.25, -0.2) is 14.1 Å². The van der Waals surface area contributed by atoms with Crippen molar-refractivity contribution < 1.29 is 18.7 Å². The molecule has 3 aromatic rings. The number of rotatable bonds is 1. The molecule has 168 valence electrons. The molecule has 0 fully saturated rings. The number of carbonyl (C=O) groups excluding carboxylic acids is 2. The van der Waals surface area contributed by atoms with Gasteiger partial charge in [-0.2, -0.15) is 0 Å². The zero-order valence-electron chi connectivity index (χ0n) is 18.7. The van der Waals surface area contributed by atoms with Gasteiger partial charge in [0, 0.05) is 47.4 Å². The standard InChI is InChI=1S/C26H24FN3O3/c1-26(2,3)33-25(32)30-14-12-20-23(24(30)31)21(15-6-8-16(27)9-7-15)22-17-5-4-13-28-18(17)10-11-19(22)29-20/h4-11,13,21,29H,12,14H2,1-3H3. The monoisotopic (exact) mass is 445 g/mol. The number of amides is 2. The molecule has 0 bridgehead atoms. The molecule has 0 radical (unpaired) electrons. The number of imide groups is 1. The van der Waals surface area contributed by atoms with E-state index in [1.165, 1.54) is 12.1 Å². The topological polar surface area (TPSA) is 71.5 Å². The first kappa shape index (κ1) is 21.1. The van der Waals surface area contributed by atoms with Gasteiger partial charge < -0.3 is 10.1 Å². The second-order valence-corrected chi connectivity index (χ2v) is 9.29. The third kappa shape index (κ3) is 3.73. The van der Waals surface area contributed by atoms with E-state index in [0.29, 0.717) is 12.0 Å². The number of benzene rings is 2. The normalized spacial score (nSPS) is 18.0. The minimum Gasteiger partial charge on any atom is -0.443 e. The molecule has 33 heavy (non-hydrogen) atoms. The van der Waals surface area contributed by atoms with E-state index in [4.69, 9.17) is 4.74 Å². The highest BCUT2D eigenvalue weighted by molar-refractivity contribution is 6.08. The summed E-state index contributed by atoms with van der Waals surface area (Å²) in [7, 11) is 0. The third-order valence-electron chi connectivity index (χ3n) is 5.89. The number of carbonyl (C=O) groups is 2. The van der Waals surface area contributed by atoms with Crippen molar-refractivity contribution in [2.75, 3.05) is 11.9 Å². The van der Waals surface area contributed by atoms with Gasteiger partial charge in [0.15, 0.2) is 0 Å². The maximum Gasteiger partial charge on any atom is 0.417 e. The Labute approximate surface area is 191 Å². The molecule has 7 heteroatoms. The molecular weight excluding hydrogens is 421 g/mol. The van der Waals surface area contributed by atoms with Crippen LogP contribution in [0, 0.1) is 5.82 Å². The summed E-state index contributed by atoms with van der Waals surface area (Å²) in [6, 6.07) is 13.9. The van der Waals surface area contributed by atoms with Crippen LogP contribution < -0.4 is 5.32 Å². The highest BCUT2D eigenvalue weighted by atomic mass is 19.1. The lowest BCUT2D eigenvalue weighted by Gasteiger charge is -2.38. The fraction of sp³-hybridized carbons (Fsp3) is 0.269. The van der Waals surface area contributed by atoms with Gasteiger partial charge in [0.25, 0.3) is 5.91 Å². The van der Waals surface area contributed by atoms with Crippen molar-refractivity contribution in [3.05, 3.63) is 82.9 Å². The molecule has 0 saturated carbocycles. The summed E-state index contributed by atoms with van der Waals surface area (Å²) < 4.78 is 19.3. The van der Waals surface area contributed by atoms with Crippen LogP contribution in [0.4, 0.5) is 14.9 Å². The molecule has 2 aliphatic rings. The molecule has 5 rings (SSSR count). The van der Waals surface area contributed by atoms with E-state index in [0.717, 1.165) is 38.3 Å². The first-order valence-corrected chi connectivity index (χ1v) is 10.9. The zero-order valence-corrected chi connectivity index (χ0v) is 18.7. The minimum absolute atomic E-state index is 0.222. The Hall–Kier alpha value is -3.74. The van der Waals surface area contributed by atoms with Crippen LogP contribution in [0.5, 0.6) is 0 Å². The number of nitrogens with one attached hydrogen (secondary N) is 1. The number of halogens is 1. The molecular formula is C26H24FN3O3. The number of aromatic nitrogens is 1. The lowest BCUT2D eigenvalue weighted by atomic mass is 9.77. The first-order chi connectivity index (χ1) is 15.7. The first-order valence-electron chi connectivity index (χ1n) is 10.9. The number of fused-ring (bicyclic) bond motifs is 3. The van der Waals surface area contributed by atoms with Crippen molar-refractivity contribution >= 4 is 28.6 Å². The molecule has 0 aliphatic carbocycles. The van der Waals surface area contributed by atoms with Gasteiger partial charge in [-0.1, -0.05) is 18.2 Å². The molecule has 1 unspecified atom stereocenters. The van der Waals surface area contributed by atoms with Crippen molar-refractivity contribution in [3.8, 4) is 0 Å². The fourth-order valence-corrected chi connectivity index (χ4v) is 4.54. The fourth-order valence-electron chi connectivity index (χ4n) is 4.54. The van der Waals surface area contributed by atoms with Crippen LogP contribution in [0.2, 0.25) is 0 Å². The molecule has 1 aromatic heterocycles. The maximum atomic E-state index is 13.8. The highest BCUT2D eigenvalue weighted by Crippen LogP contribution is 2.47. The van der Waals surface area contributed by atoms with Gasteiger partial charge in [0.2, 0.25) is 0 Å². The van der Waals surface area contributed by atoms with E-state index < -0.39 is 23.5 Å². The highest BCUT2D eigenvalue weighted by Gasteiger charge is 2.42. The smallest absolute Gasteiger partial charge is 0.417 e. The molecule has 2 aromatic carbocycles. The van der Waals surface area contributed by atoms with Crippen LogP contribution >= 0.6 is 0 Å². The number of anilines is 1. The number of hydrogen-bond acceptors (Lipinski definition) is 5. The zero-order chi connectivity index (χ0) is 23.3. The number of nitrogens with zero attached hydrogens (tertiary/aromatic N) is 2. The lowest BCUT2D eigenvalue weighted by molar-refractivity contribution is -0.127. The summed E-state index contributed by atoms with van der Waals surface area (Å²) in [4.78, 5) is 32.2. The van der Waals surface area contributed by atoms with E-state index in [-0.39, 0.29) is 12.4 Å². The van der Waals surface area contributed by atoms with Crippen LogP contribution in [-0.4, -0.2) is 34.0 Å². The van der Waals surface area contributed by atoms with Gasteiger partial charge in [-0.15, -0.1) is 0 Å². The summed E-state index contributed by atoms with van der Waals surface area (Å²) in [5, 5.41) is 4.31. The predicted molar refractivity (Wildman–Crippen MR) is 123 cm³/mol. The van der Waals surface area contributed by atoms with Crippen molar-refractivity contribution in [2.24, 2.45) is 0 Å². The SMILES string of the molecule is CC(C)(C)OC(=O)N1CCC2=C(C1=O)C(c1ccc(F)cc1)c1c(ccc3ncccc13)N2. The Balaban J connectivity index is 1.68. The number of pyridine rings is 1. The van der Waals surface area contributed by atoms with E-state index >= 15 is 0 Å². The maximum absolute atomic E-state index is 13.8. The molecule has 1 atom stereocenters. The van der Waals surface area contributed by atoms with E-state index in [1.54, 1.807) is 39.1 Å². The number of ether oxygens (including phenoxy) is 1. The van der Waals surface area contributed by atoms with E-state index in [9.17, 15) is 14.0 Å². The van der Waals surface area contributed by atoms with E-state index in [2.05, 4.69) is 10.3 Å². The van der Waals surface area contributed by atoms with Gasteiger partial charge in [-0.05, 0) is 62.2 Å². The number of hydrogen-bond donors (Lipinski definition) is 1. The van der Waals surface area contributed by atoms with E-state index in [1.807, 2.05) is 24.3 Å². The Kier molecular flexibility index (Phi) is 4.92. The van der Waals surface area contributed by atoms with Gasteiger partial charge in [0.1, 0.15) is 11.4 Å².